The molecule has 33 heavy (non-hydrogen) atoms. The molecule has 0 aliphatic carbocycles. The summed E-state index contributed by atoms with van der Waals surface area (Å²) in [5.41, 5.74) is 5.70. The van der Waals surface area contributed by atoms with Crippen LogP contribution in [0.15, 0.2) is 46.4 Å². The second-order valence-corrected chi connectivity index (χ2v) is 10.2. The fourth-order valence-electron chi connectivity index (χ4n) is 4.31. The van der Waals surface area contributed by atoms with Gasteiger partial charge >= 0.3 is 0 Å². The number of carbonyl (C=O) groups excluding carboxylic acids is 2. The van der Waals surface area contributed by atoms with Gasteiger partial charge in [-0.1, -0.05) is 62.4 Å². The number of hydrogen-bond donors (Lipinski definition) is 1. The third-order valence-electron chi connectivity index (χ3n) is 5.97. The third kappa shape index (κ3) is 4.34. The number of benzene rings is 2. The predicted molar refractivity (Wildman–Crippen MR) is 136 cm³/mol. The number of aliphatic imine (C=N–C) groups is 2. The minimum absolute atomic E-state index is 0.0757. The Morgan fingerprint density at radius 3 is 2.45 bits per heavy atom. The standard InChI is InChI=1S/C26H30N4O2S/c1-7-20(24(31)29-22-16(5)12-15(4)13-17(22)6)33-26-27-19-11-9-8-10-18(19)23-28-21(14(2)3)25(32)30(23)26/h8-14,20-21H,7H2,1-6H3,(H,29,31). The van der Waals surface area contributed by atoms with Gasteiger partial charge < -0.3 is 5.32 Å². The molecule has 0 spiro atoms. The summed E-state index contributed by atoms with van der Waals surface area (Å²) in [6, 6.07) is 11.4. The minimum Gasteiger partial charge on any atom is -0.325 e. The van der Waals surface area contributed by atoms with Crippen molar-refractivity contribution < 1.29 is 9.59 Å². The van der Waals surface area contributed by atoms with Crippen LogP contribution in [0.3, 0.4) is 0 Å². The molecule has 4 rings (SSSR count). The Kier molecular flexibility index (Phi) is 6.43. The van der Waals surface area contributed by atoms with Crippen LogP contribution in [-0.4, -0.2) is 39.0 Å². The van der Waals surface area contributed by atoms with Crippen molar-refractivity contribution in [2.45, 2.75) is 59.3 Å². The average Bonchev–Trinajstić information content (AvgIpc) is 3.12. The van der Waals surface area contributed by atoms with Gasteiger partial charge in [-0.05, 0) is 56.4 Å². The lowest BCUT2D eigenvalue weighted by Crippen LogP contribution is -2.43. The molecule has 2 aromatic carbocycles. The summed E-state index contributed by atoms with van der Waals surface area (Å²) in [5, 5.41) is 3.23. The van der Waals surface area contributed by atoms with Crippen molar-refractivity contribution in [2.75, 3.05) is 5.32 Å². The average molecular weight is 463 g/mol. The van der Waals surface area contributed by atoms with E-state index < -0.39 is 11.3 Å². The molecule has 0 aromatic heterocycles. The van der Waals surface area contributed by atoms with Crippen LogP contribution in [0.2, 0.25) is 0 Å². The van der Waals surface area contributed by atoms with Gasteiger partial charge in [0.15, 0.2) is 5.17 Å². The SMILES string of the molecule is CCC(SC1=Nc2ccccc2C2=NC(C(C)C)C(=O)N12)C(=O)Nc1c(C)cc(C)cc1C. The minimum atomic E-state index is -0.441. The normalized spacial score (nSPS) is 18.0. The first kappa shape index (κ1) is 23.2. The van der Waals surface area contributed by atoms with Gasteiger partial charge in [-0.3, -0.25) is 14.6 Å². The van der Waals surface area contributed by atoms with E-state index >= 15 is 0 Å². The second-order valence-electron chi connectivity index (χ2n) is 9.00. The van der Waals surface area contributed by atoms with Crippen molar-refractivity contribution >= 4 is 46.0 Å². The zero-order chi connectivity index (χ0) is 23.9. The fourth-order valence-corrected chi connectivity index (χ4v) is 5.33. The molecule has 0 bridgehead atoms. The molecule has 6 nitrogen and oxygen atoms in total. The van der Waals surface area contributed by atoms with Crippen molar-refractivity contribution in [3.63, 3.8) is 0 Å². The van der Waals surface area contributed by atoms with Crippen molar-refractivity contribution in [1.29, 1.82) is 0 Å². The van der Waals surface area contributed by atoms with Gasteiger partial charge in [-0.2, -0.15) is 0 Å². The van der Waals surface area contributed by atoms with Gasteiger partial charge in [0.2, 0.25) is 5.91 Å². The first-order chi connectivity index (χ1) is 15.7. The van der Waals surface area contributed by atoms with Crippen molar-refractivity contribution in [3.8, 4) is 0 Å². The van der Waals surface area contributed by atoms with E-state index in [0.717, 1.165) is 28.1 Å². The number of amidine groups is 2. The van der Waals surface area contributed by atoms with Gasteiger partial charge in [0.05, 0.1) is 10.9 Å². The zero-order valence-electron chi connectivity index (χ0n) is 20.0. The molecule has 0 radical (unpaired) electrons. The first-order valence-electron chi connectivity index (χ1n) is 11.4. The Bertz CT molecular complexity index is 1160. The zero-order valence-corrected chi connectivity index (χ0v) is 20.8. The summed E-state index contributed by atoms with van der Waals surface area (Å²) >= 11 is 1.33. The number of nitrogens with zero attached hydrogens (tertiary/aromatic N) is 3. The summed E-state index contributed by atoms with van der Waals surface area (Å²) in [6.07, 6.45) is 0.600. The number of carbonyl (C=O) groups is 2. The Morgan fingerprint density at radius 1 is 1.15 bits per heavy atom. The number of rotatable bonds is 5. The van der Waals surface area contributed by atoms with Crippen LogP contribution in [0.5, 0.6) is 0 Å². The molecule has 2 amide bonds. The number of fused-ring (bicyclic) bond motifs is 3. The van der Waals surface area contributed by atoms with E-state index in [1.165, 1.54) is 17.3 Å². The van der Waals surface area contributed by atoms with Gasteiger partial charge in [0, 0.05) is 11.3 Å². The monoisotopic (exact) mass is 462 g/mol. The summed E-state index contributed by atoms with van der Waals surface area (Å²) in [4.78, 5) is 37.7. The van der Waals surface area contributed by atoms with E-state index in [9.17, 15) is 9.59 Å². The molecule has 2 aliphatic heterocycles. The molecule has 7 heteroatoms. The van der Waals surface area contributed by atoms with Crippen LogP contribution in [0, 0.1) is 26.7 Å². The van der Waals surface area contributed by atoms with Crippen LogP contribution in [0.4, 0.5) is 11.4 Å². The Morgan fingerprint density at radius 2 is 1.82 bits per heavy atom. The maximum Gasteiger partial charge on any atom is 0.259 e. The molecule has 0 fully saturated rings. The second kappa shape index (κ2) is 9.14. The maximum atomic E-state index is 13.3. The Labute approximate surface area is 199 Å². The summed E-state index contributed by atoms with van der Waals surface area (Å²) < 4.78 is 0. The number of thioether (sulfide) groups is 1. The van der Waals surface area contributed by atoms with E-state index in [0.29, 0.717) is 17.4 Å². The molecular weight excluding hydrogens is 432 g/mol. The van der Waals surface area contributed by atoms with Gasteiger partial charge in [-0.25, -0.2) is 9.89 Å². The van der Waals surface area contributed by atoms with Crippen molar-refractivity contribution in [3.05, 3.63) is 58.7 Å². The molecule has 2 unspecified atom stereocenters. The quantitative estimate of drug-likeness (QED) is 0.649. The lowest BCUT2D eigenvalue weighted by molar-refractivity contribution is -0.125. The fraction of sp³-hybridized carbons (Fsp3) is 0.385. The van der Waals surface area contributed by atoms with E-state index in [4.69, 9.17) is 9.98 Å². The first-order valence-corrected chi connectivity index (χ1v) is 12.2. The van der Waals surface area contributed by atoms with Crippen LogP contribution in [-0.2, 0) is 9.59 Å². The van der Waals surface area contributed by atoms with Gasteiger partial charge in [0.25, 0.3) is 5.91 Å². The highest BCUT2D eigenvalue weighted by Gasteiger charge is 2.43. The smallest absolute Gasteiger partial charge is 0.259 e. The lowest BCUT2D eigenvalue weighted by Gasteiger charge is -2.27. The van der Waals surface area contributed by atoms with Crippen LogP contribution in [0.25, 0.3) is 0 Å². The largest absolute Gasteiger partial charge is 0.325 e. The van der Waals surface area contributed by atoms with Crippen LogP contribution < -0.4 is 5.32 Å². The van der Waals surface area contributed by atoms with Crippen molar-refractivity contribution in [2.24, 2.45) is 15.9 Å². The molecule has 0 saturated heterocycles. The highest BCUT2D eigenvalue weighted by molar-refractivity contribution is 8.15. The molecule has 2 heterocycles. The predicted octanol–water partition coefficient (Wildman–Crippen LogP) is 5.38. The number of hydrogen-bond acceptors (Lipinski definition) is 5. The van der Waals surface area contributed by atoms with Gasteiger partial charge in [0.1, 0.15) is 11.9 Å². The Balaban J connectivity index is 1.64. The number of nitrogens with one attached hydrogen (secondary N) is 1. The van der Waals surface area contributed by atoms with E-state index in [1.807, 2.05) is 65.8 Å². The highest BCUT2D eigenvalue weighted by atomic mass is 32.2. The topological polar surface area (TPSA) is 74.1 Å². The molecule has 2 aromatic rings. The molecule has 2 aliphatic rings. The van der Waals surface area contributed by atoms with Crippen LogP contribution >= 0.6 is 11.8 Å². The number of anilines is 1. The number of amides is 2. The number of aryl methyl sites for hydroxylation is 3. The van der Waals surface area contributed by atoms with Crippen molar-refractivity contribution in [1.82, 2.24) is 4.90 Å². The molecule has 1 N–H and O–H groups in total. The molecule has 172 valence electrons. The summed E-state index contributed by atoms with van der Waals surface area (Å²) in [7, 11) is 0. The molecular formula is C26H30N4O2S. The highest BCUT2D eigenvalue weighted by Crippen LogP contribution is 2.36. The lowest BCUT2D eigenvalue weighted by atomic mass is 10.0. The molecule has 2 atom stereocenters. The maximum absolute atomic E-state index is 13.3. The van der Waals surface area contributed by atoms with E-state index in [2.05, 4.69) is 17.4 Å². The Hall–Kier alpha value is -2.93. The van der Waals surface area contributed by atoms with Crippen LogP contribution in [0.1, 0.15) is 49.4 Å². The summed E-state index contributed by atoms with van der Waals surface area (Å²) in [6.45, 7) is 12.0. The summed E-state index contributed by atoms with van der Waals surface area (Å²) in [5.74, 6) is 0.532. The van der Waals surface area contributed by atoms with E-state index in [1.54, 1.807) is 4.90 Å². The third-order valence-corrected chi connectivity index (χ3v) is 7.28. The van der Waals surface area contributed by atoms with E-state index in [-0.39, 0.29) is 17.7 Å². The number of para-hydroxylation sites is 1. The molecule has 0 saturated carbocycles. The van der Waals surface area contributed by atoms with Gasteiger partial charge in [-0.15, -0.1) is 0 Å².